The van der Waals surface area contributed by atoms with Crippen molar-refractivity contribution in [2.45, 2.75) is 40.2 Å². The van der Waals surface area contributed by atoms with Crippen LogP contribution in [-0.2, 0) is 6.42 Å². The van der Waals surface area contributed by atoms with Crippen molar-refractivity contribution in [3.63, 3.8) is 0 Å². The molecule has 1 atom stereocenters. The van der Waals surface area contributed by atoms with E-state index in [1.807, 2.05) is 0 Å². The Kier molecular flexibility index (Phi) is 5.44. The molecule has 0 heterocycles. The number of rotatable bonds is 5. The highest BCUT2D eigenvalue weighted by Crippen LogP contribution is 2.29. The van der Waals surface area contributed by atoms with Crippen molar-refractivity contribution in [2.75, 3.05) is 6.54 Å². The molecule has 0 radical (unpaired) electrons. The van der Waals surface area contributed by atoms with Gasteiger partial charge >= 0.3 is 0 Å². The molecule has 0 amide bonds. The number of hydrogen-bond donors (Lipinski definition) is 1. The fourth-order valence-corrected chi connectivity index (χ4v) is 2.89. The van der Waals surface area contributed by atoms with Crippen molar-refractivity contribution in [3.05, 3.63) is 69.2 Å². The first-order chi connectivity index (χ1) is 10.1. The van der Waals surface area contributed by atoms with Crippen molar-refractivity contribution < 1.29 is 0 Å². The SMILES string of the molecule is CCNC(c1ccc(CC)cc1)c1cc(C)c(Cl)cc1C. The lowest BCUT2D eigenvalue weighted by Crippen LogP contribution is -2.23. The smallest absolute Gasteiger partial charge is 0.0579 e. The lowest BCUT2D eigenvalue weighted by atomic mass is 9.92. The quantitative estimate of drug-likeness (QED) is 0.798. The number of aryl methyl sites for hydroxylation is 3. The Morgan fingerprint density at radius 1 is 1.00 bits per heavy atom. The maximum Gasteiger partial charge on any atom is 0.0579 e. The Labute approximate surface area is 133 Å². The molecule has 0 aliphatic heterocycles. The number of nitrogens with one attached hydrogen (secondary N) is 1. The van der Waals surface area contributed by atoms with Crippen LogP contribution in [0.15, 0.2) is 36.4 Å². The predicted octanol–water partition coefficient (Wildman–Crippen LogP) is 5.22. The summed E-state index contributed by atoms with van der Waals surface area (Å²) in [6.45, 7) is 9.45. The minimum absolute atomic E-state index is 0.219. The van der Waals surface area contributed by atoms with Gasteiger partial charge in [0, 0.05) is 5.02 Å². The van der Waals surface area contributed by atoms with Gasteiger partial charge in [-0.25, -0.2) is 0 Å². The Balaban J connectivity index is 2.44. The molecule has 1 unspecified atom stereocenters. The average molecular weight is 302 g/mol. The Bertz CT molecular complexity index is 602. The van der Waals surface area contributed by atoms with Gasteiger partial charge in [-0.05, 0) is 60.7 Å². The molecule has 0 aliphatic rings. The van der Waals surface area contributed by atoms with Gasteiger partial charge in [0.25, 0.3) is 0 Å². The number of halogens is 1. The molecule has 0 spiro atoms. The molecule has 2 aromatic carbocycles. The molecular weight excluding hydrogens is 278 g/mol. The lowest BCUT2D eigenvalue weighted by Gasteiger charge is -2.22. The fraction of sp³-hybridized carbons (Fsp3) is 0.368. The van der Waals surface area contributed by atoms with Crippen molar-refractivity contribution in [1.82, 2.24) is 5.32 Å². The van der Waals surface area contributed by atoms with E-state index in [1.54, 1.807) is 0 Å². The first-order valence-corrected chi connectivity index (χ1v) is 8.03. The van der Waals surface area contributed by atoms with Gasteiger partial charge < -0.3 is 5.32 Å². The molecule has 0 fully saturated rings. The van der Waals surface area contributed by atoms with Crippen LogP contribution in [-0.4, -0.2) is 6.54 Å². The second-order valence-electron chi connectivity index (χ2n) is 5.54. The second-order valence-corrected chi connectivity index (χ2v) is 5.95. The molecule has 2 aromatic rings. The average Bonchev–Trinajstić information content (AvgIpc) is 2.49. The third kappa shape index (κ3) is 3.66. The highest BCUT2D eigenvalue weighted by Gasteiger charge is 2.16. The largest absolute Gasteiger partial charge is 0.307 e. The molecule has 1 N–H and O–H groups in total. The van der Waals surface area contributed by atoms with Crippen LogP contribution in [0.1, 0.15) is 47.7 Å². The predicted molar refractivity (Wildman–Crippen MR) is 92.3 cm³/mol. The molecule has 0 bridgehead atoms. The Morgan fingerprint density at radius 3 is 2.24 bits per heavy atom. The molecule has 2 heteroatoms. The Hall–Kier alpha value is -1.31. The van der Waals surface area contributed by atoms with Crippen LogP contribution in [0.3, 0.4) is 0 Å². The van der Waals surface area contributed by atoms with Gasteiger partial charge in [0.15, 0.2) is 0 Å². The third-order valence-corrected chi connectivity index (χ3v) is 4.40. The third-order valence-electron chi connectivity index (χ3n) is 3.99. The second kappa shape index (κ2) is 7.11. The molecular formula is C19H24ClN. The molecule has 0 aromatic heterocycles. The highest BCUT2D eigenvalue weighted by atomic mass is 35.5. The topological polar surface area (TPSA) is 12.0 Å². The Morgan fingerprint density at radius 2 is 1.67 bits per heavy atom. The van der Waals surface area contributed by atoms with Crippen LogP contribution < -0.4 is 5.32 Å². The summed E-state index contributed by atoms with van der Waals surface area (Å²) in [6, 6.07) is 13.4. The standard InChI is InChI=1S/C19H24ClN/c1-5-15-7-9-16(10-8-15)19(21-6-2)17-11-14(4)18(20)12-13(17)3/h7-12,19,21H,5-6H2,1-4H3. The van der Waals surface area contributed by atoms with E-state index in [0.29, 0.717) is 0 Å². The monoisotopic (exact) mass is 301 g/mol. The number of benzene rings is 2. The van der Waals surface area contributed by atoms with E-state index in [-0.39, 0.29) is 6.04 Å². The van der Waals surface area contributed by atoms with Crippen molar-refractivity contribution >= 4 is 11.6 Å². The highest BCUT2D eigenvalue weighted by molar-refractivity contribution is 6.31. The van der Waals surface area contributed by atoms with E-state index in [1.165, 1.54) is 22.3 Å². The first-order valence-electron chi connectivity index (χ1n) is 7.65. The summed E-state index contributed by atoms with van der Waals surface area (Å²) in [5, 5.41) is 4.44. The fourth-order valence-electron chi connectivity index (χ4n) is 2.67. The zero-order chi connectivity index (χ0) is 15.4. The molecule has 112 valence electrons. The summed E-state index contributed by atoms with van der Waals surface area (Å²) in [4.78, 5) is 0. The van der Waals surface area contributed by atoms with E-state index < -0.39 is 0 Å². The zero-order valence-electron chi connectivity index (χ0n) is 13.3. The van der Waals surface area contributed by atoms with Crippen LogP contribution >= 0.6 is 11.6 Å². The van der Waals surface area contributed by atoms with Gasteiger partial charge in [-0.15, -0.1) is 0 Å². The zero-order valence-corrected chi connectivity index (χ0v) is 14.1. The van der Waals surface area contributed by atoms with Gasteiger partial charge in [-0.2, -0.15) is 0 Å². The molecule has 21 heavy (non-hydrogen) atoms. The van der Waals surface area contributed by atoms with Gasteiger partial charge in [0.2, 0.25) is 0 Å². The van der Waals surface area contributed by atoms with E-state index >= 15 is 0 Å². The minimum Gasteiger partial charge on any atom is -0.307 e. The van der Waals surface area contributed by atoms with Crippen LogP contribution in [0.25, 0.3) is 0 Å². The van der Waals surface area contributed by atoms with E-state index in [4.69, 9.17) is 11.6 Å². The molecule has 0 saturated carbocycles. The summed E-state index contributed by atoms with van der Waals surface area (Å²) < 4.78 is 0. The maximum absolute atomic E-state index is 6.23. The van der Waals surface area contributed by atoms with Crippen LogP contribution in [0.4, 0.5) is 0 Å². The summed E-state index contributed by atoms with van der Waals surface area (Å²) in [6.07, 6.45) is 1.07. The van der Waals surface area contributed by atoms with Crippen molar-refractivity contribution in [2.24, 2.45) is 0 Å². The summed E-state index contributed by atoms with van der Waals surface area (Å²) in [5.74, 6) is 0. The molecule has 1 nitrogen and oxygen atoms in total. The van der Waals surface area contributed by atoms with Crippen LogP contribution in [0, 0.1) is 13.8 Å². The van der Waals surface area contributed by atoms with E-state index in [9.17, 15) is 0 Å². The normalized spacial score (nSPS) is 12.4. The summed E-state index contributed by atoms with van der Waals surface area (Å²) in [5.41, 5.74) is 6.35. The van der Waals surface area contributed by atoms with Crippen molar-refractivity contribution in [3.8, 4) is 0 Å². The van der Waals surface area contributed by atoms with Crippen LogP contribution in [0.2, 0.25) is 5.02 Å². The van der Waals surface area contributed by atoms with Gasteiger partial charge in [-0.1, -0.05) is 55.8 Å². The van der Waals surface area contributed by atoms with Gasteiger partial charge in [0.1, 0.15) is 0 Å². The summed E-state index contributed by atoms with van der Waals surface area (Å²) >= 11 is 6.23. The van der Waals surface area contributed by atoms with E-state index in [0.717, 1.165) is 23.6 Å². The van der Waals surface area contributed by atoms with Crippen molar-refractivity contribution in [1.29, 1.82) is 0 Å². The minimum atomic E-state index is 0.219. The lowest BCUT2D eigenvalue weighted by molar-refractivity contribution is 0.627. The molecule has 2 rings (SSSR count). The molecule has 0 saturated heterocycles. The first kappa shape index (κ1) is 16.1. The maximum atomic E-state index is 6.23. The van der Waals surface area contributed by atoms with Gasteiger partial charge in [-0.3, -0.25) is 0 Å². The van der Waals surface area contributed by atoms with E-state index in [2.05, 4.69) is 69.4 Å². The number of hydrogen-bond acceptors (Lipinski definition) is 1. The van der Waals surface area contributed by atoms with Crippen LogP contribution in [0.5, 0.6) is 0 Å². The molecule has 0 aliphatic carbocycles. The summed E-state index contributed by atoms with van der Waals surface area (Å²) in [7, 11) is 0. The van der Waals surface area contributed by atoms with Gasteiger partial charge in [0.05, 0.1) is 6.04 Å².